The van der Waals surface area contributed by atoms with Crippen molar-refractivity contribution >= 4 is 23.5 Å². The van der Waals surface area contributed by atoms with E-state index in [9.17, 15) is 9.59 Å². The highest BCUT2D eigenvalue weighted by atomic mass is 16.5. The lowest BCUT2D eigenvalue weighted by Crippen LogP contribution is -2.48. The van der Waals surface area contributed by atoms with Crippen LogP contribution in [0.4, 0.5) is 16.3 Å². The van der Waals surface area contributed by atoms with Crippen molar-refractivity contribution in [3.8, 4) is 0 Å². The number of rotatable bonds is 8. The highest BCUT2D eigenvalue weighted by Gasteiger charge is 2.45. The topological polar surface area (TPSA) is 98.2 Å². The number of hydrogen-bond donors (Lipinski definition) is 2. The van der Waals surface area contributed by atoms with E-state index in [4.69, 9.17) is 14.8 Å². The fraction of sp³-hybridized carbons (Fsp3) is 0.424. The van der Waals surface area contributed by atoms with Gasteiger partial charge in [-0.05, 0) is 74.1 Å². The molecule has 9 nitrogen and oxygen atoms in total. The predicted octanol–water partition coefficient (Wildman–Crippen LogP) is 5.45. The van der Waals surface area contributed by atoms with Crippen molar-refractivity contribution in [3.63, 3.8) is 0 Å². The zero-order valence-electron chi connectivity index (χ0n) is 24.1. The second-order valence-corrected chi connectivity index (χ2v) is 11.6. The van der Waals surface area contributed by atoms with Crippen LogP contribution in [-0.2, 0) is 11.3 Å². The summed E-state index contributed by atoms with van der Waals surface area (Å²) in [6.07, 6.45) is 3.74. The number of likely N-dealkylation sites (tertiary alicyclic amines) is 1. The lowest BCUT2D eigenvalue weighted by molar-refractivity contribution is 0.0493. The molecule has 9 heteroatoms. The van der Waals surface area contributed by atoms with Crippen LogP contribution in [-0.4, -0.2) is 81.7 Å². The molecule has 3 fully saturated rings. The van der Waals surface area contributed by atoms with Gasteiger partial charge in [0.1, 0.15) is 5.82 Å². The van der Waals surface area contributed by atoms with Gasteiger partial charge in [-0.2, -0.15) is 0 Å². The number of amides is 2. The van der Waals surface area contributed by atoms with Crippen LogP contribution in [0.1, 0.15) is 58.9 Å². The standard InChI is InChI=1S/C33H39N5O4/c1-23-26(9-12-31(34-23)35-27-10-7-25(8-11-27)32(39)40)21-36-17-13-29(14-18-36)38-30(24-5-3-2-4-6-24)22-37(33(38)41)28-15-19-42-20-16-28/h2-12,28-30H,13-22H2,1H3,(H,34,35)(H,39,40)/t30-/m0/s1. The Bertz CT molecular complexity index is 1390. The molecule has 3 aliphatic heterocycles. The molecule has 3 aromatic rings. The molecule has 0 bridgehead atoms. The number of aromatic nitrogens is 1. The Morgan fingerprint density at radius 3 is 2.33 bits per heavy atom. The third kappa shape index (κ3) is 6.12. The molecule has 0 saturated carbocycles. The number of carbonyl (C=O) groups excluding carboxylic acids is 1. The number of piperidine rings is 1. The summed E-state index contributed by atoms with van der Waals surface area (Å²) in [7, 11) is 0. The average Bonchev–Trinajstić information content (AvgIpc) is 3.37. The highest BCUT2D eigenvalue weighted by molar-refractivity contribution is 5.88. The number of anilines is 2. The summed E-state index contributed by atoms with van der Waals surface area (Å²) in [6.45, 7) is 6.93. The first-order valence-corrected chi connectivity index (χ1v) is 15.0. The Hall–Kier alpha value is -3.95. The minimum absolute atomic E-state index is 0.0879. The van der Waals surface area contributed by atoms with Gasteiger partial charge in [-0.1, -0.05) is 36.4 Å². The molecular formula is C33H39N5O4. The molecule has 0 radical (unpaired) electrons. The number of aryl methyl sites for hydroxylation is 1. The Morgan fingerprint density at radius 1 is 0.952 bits per heavy atom. The van der Waals surface area contributed by atoms with Crippen LogP contribution >= 0.6 is 0 Å². The highest BCUT2D eigenvalue weighted by Crippen LogP contribution is 2.37. The van der Waals surface area contributed by atoms with Gasteiger partial charge in [0, 0.05) is 62.9 Å². The van der Waals surface area contributed by atoms with E-state index in [2.05, 4.69) is 50.3 Å². The van der Waals surface area contributed by atoms with E-state index in [1.54, 1.807) is 24.3 Å². The number of urea groups is 1. The zero-order valence-corrected chi connectivity index (χ0v) is 24.1. The molecule has 42 heavy (non-hydrogen) atoms. The molecule has 2 N–H and O–H groups in total. The molecule has 0 aliphatic carbocycles. The Kier molecular flexibility index (Phi) is 8.39. The van der Waals surface area contributed by atoms with E-state index in [-0.39, 0.29) is 29.7 Å². The zero-order chi connectivity index (χ0) is 29.1. The summed E-state index contributed by atoms with van der Waals surface area (Å²) in [5, 5.41) is 12.4. The lowest BCUT2D eigenvalue weighted by atomic mass is 9.98. The first-order valence-electron chi connectivity index (χ1n) is 15.0. The summed E-state index contributed by atoms with van der Waals surface area (Å²) >= 11 is 0. The smallest absolute Gasteiger partial charge is 0.335 e. The number of aromatic carboxylic acids is 1. The minimum atomic E-state index is -0.941. The predicted molar refractivity (Wildman–Crippen MR) is 161 cm³/mol. The van der Waals surface area contributed by atoms with Gasteiger partial charge in [-0.25, -0.2) is 14.6 Å². The van der Waals surface area contributed by atoms with E-state index in [0.717, 1.165) is 82.3 Å². The van der Waals surface area contributed by atoms with Crippen LogP contribution < -0.4 is 5.32 Å². The first-order chi connectivity index (χ1) is 20.5. The van der Waals surface area contributed by atoms with E-state index >= 15 is 0 Å². The molecular weight excluding hydrogens is 530 g/mol. The maximum Gasteiger partial charge on any atom is 0.335 e. The Labute approximate surface area is 247 Å². The van der Waals surface area contributed by atoms with E-state index in [1.807, 2.05) is 19.1 Å². The molecule has 3 aliphatic rings. The molecule has 0 unspecified atom stereocenters. The van der Waals surface area contributed by atoms with Crippen LogP contribution in [0.25, 0.3) is 0 Å². The summed E-state index contributed by atoms with van der Waals surface area (Å²) in [4.78, 5) is 36.5. The monoisotopic (exact) mass is 569 g/mol. The van der Waals surface area contributed by atoms with Crippen molar-refractivity contribution in [1.82, 2.24) is 19.7 Å². The maximum atomic E-state index is 13.9. The van der Waals surface area contributed by atoms with Gasteiger partial charge in [0.05, 0.1) is 11.6 Å². The van der Waals surface area contributed by atoms with Crippen LogP contribution in [0.2, 0.25) is 0 Å². The largest absolute Gasteiger partial charge is 0.478 e. The van der Waals surface area contributed by atoms with Gasteiger partial charge in [0.2, 0.25) is 0 Å². The van der Waals surface area contributed by atoms with Gasteiger partial charge in [0.25, 0.3) is 0 Å². The van der Waals surface area contributed by atoms with Crippen molar-refractivity contribution in [1.29, 1.82) is 0 Å². The normalized spacial score (nSPS) is 20.7. The quantitative estimate of drug-likeness (QED) is 0.372. The van der Waals surface area contributed by atoms with E-state index in [0.29, 0.717) is 0 Å². The van der Waals surface area contributed by atoms with Crippen molar-refractivity contribution in [2.75, 3.05) is 38.2 Å². The summed E-state index contributed by atoms with van der Waals surface area (Å²) < 4.78 is 5.58. The van der Waals surface area contributed by atoms with E-state index < -0.39 is 5.97 Å². The fourth-order valence-corrected chi connectivity index (χ4v) is 6.56. The Balaban J connectivity index is 1.08. The van der Waals surface area contributed by atoms with Crippen molar-refractivity contribution < 1.29 is 19.4 Å². The number of pyridine rings is 1. The molecule has 2 amide bonds. The van der Waals surface area contributed by atoms with Crippen molar-refractivity contribution in [2.24, 2.45) is 0 Å². The van der Waals surface area contributed by atoms with Crippen LogP contribution in [0.3, 0.4) is 0 Å². The number of carboxylic acids is 1. The van der Waals surface area contributed by atoms with Gasteiger partial charge in [0.15, 0.2) is 0 Å². The summed E-state index contributed by atoms with van der Waals surface area (Å²) in [5.74, 6) is -0.212. The van der Waals surface area contributed by atoms with Gasteiger partial charge >= 0.3 is 12.0 Å². The number of hydrogen-bond acceptors (Lipinski definition) is 6. The first kappa shape index (κ1) is 28.2. The second kappa shape index (κ2) is 12.5. The van der Waals surface area contributed by atoms with Crippen LogP contribution in [0.5, 0.6) is 0 Å². The molecule has 3 saturated heterocycles. The number of carboxylic acid groups (broad SMARTS) is 1. The van der Waals surface area contributed by atoms with Crippen LogP contribution in [0.15, 0.2) is 66.7 Å². The van der Waals surface area contributed by atoms with Gasteiger partial charge in [-0.3, -0.25) is 4.90 Å². The number of carbonyl (C=O) groups is 2. The van der Waals surface area contributed by atoms with Crippen molar-refractivity contribution in [2.45, 2.75) is 57.3 Å². The fourth-order valence-electron chi connectivity index (χ4n) is 6.56. The molecule has 6 rings (SSSR count). The van der Waals surface area contributed by atoms with Crippen molar-refractivity contribution in [3.05, 3.63) is 89.1 Å². The molecule has 2 aromatic carbocycles. The molecule has 1 aromatic heterocycles. The lowest BCUT2D eigenvalue weighted by Gasteiger charge is -2.39. The average molecular weight is 570 g/mol. The SMILES string of the molecule is Cc1nc(Nc2ccc(C(=O)O)cc2)ccc1CN1CCC(N2C(=O)N(C3CCOCC3)C[C@H]2c2ccccc2)CC1. The number of ether oxygens (including phenoxy) is 1. The second-order valence-electron chi connectivity index (χ2n) is 11.6. The van der Waals surface area contributed by atoms with Gasteiger partial charge < -0.3 is 25.0 Å². The molecule has 4 heterocycles. The van der Waals surface area contributed by atoms with E-state index in [1.165, 1.54) is 11.1 Å². The third-order valence-electron chi connectivity index (χ3n) is 8.93. The number of nitrogens with one attached hydrogen (secondary N) is 1. The Morgan fingerprint density at radius 2 is 1.67 bits per heavy atom. The molecule has 0 spiro atoms. The summed E-state index contributed by atoms with van der Waals surface area (Å²) in [6, 6.07) is 22.0. The maximum absolute atomic E-state index is 13.9. The third-order valence-corrected chi connectivity index (χ3v) is 8.93. The van der Waals surface area contributed by atoms with Gasteiger partial charge in [-0.15, -0.1) is 0 Å². The molecule has 220 valence electrons. The minimum Gasteiger partial charge on any atom is -0.478 e. The number of nitrogens with zero attached hydrogens (tertiary/aromatic N) is 4. The summed E-state index contributed by atoms with van der Waals surface area (Å²) in [5.41, 5.74) is 4.42. The number of benzene rings is 2. The van der Waals surface area contributed by atoms with Crippen LogP contribution in [0, 0.1) is 6.92 Å². The molecule has 1 atom stereocenters.